The highest BCUT2D eigenvalue weighted by molar-refractivity contribution is 5.92. The SMILES string of the molecule is CN1C(=O)[C@H](c2ccc3[nH]ccc3c2)[C@H]1c1ccccc1. The number of hydrogen-bond acceptors (Lipinski definition) is 1. The van der Waals surface area contributed by atoms with Gasteiger partial charge in [-0.3, -0.25) is 4.79 Å². The summed E-state index contributed by atoms with van der Waals surface area (Å²) in [6.07, 6.45) is 1.93. The fourth-order valence-corrected chi connectivity index (χ4v) is 3.29. The molecule has 1 aliphatic heterocycles. The lowest BCUT2D eigenvalue weighted by atomic mass is 9.78. The van der Waals surface area contributed by atoms with Crippen LogP contribution in [0.15, 0.2) is 60.8 Å². The van der Waals surface area contributed by atoms with Gasteiger partial charge >= 0.3 is 0 Å². The number of benzene rings is 2. The van der Waals surface area contributed by atoms with Gasteiger partial charge < -0.3 is 9.88 Å². The fraction of sp³-hybridized carbons (Fsp3) is 0.167. The number of likely N-dealkylation sites (N-methyl/N-ethyl adjacent to an activating group) is 1. The van der Waals surface area contributed by atoms with E-state index >= 15 is 0 Å². The lowest BCUT2D eigenvalue weighted by Crippen LogP contribution is -2.50. The van der Waals surface area contributed by atoms with Crippen molar-refractivity contribution in [3.63, 3.8) is 0 Å². The first kappa shape index (κ1) is 12.2. The molecule has 2 heterocycles. The Bertz CT molecular complexity index is 806. The average molecular weight is 276 g/mol. The molecule has 0 saturated carbocycles. The zero-order valence-electron chi connectivity index (χ0n) is 11.8. The van der Waals surface area contributed by atoms with Crippen molar-refractivity contribution >= 4 is 16.8 Å². The maximum absolute atomic E-state index is 12.3. The van der Waals surface area contributed by atoms with Gasteiger partial charge in [0, 0.05) is 18.8 Å². The standard InChI is InChI=1S/C18H16N2O/c1-20-17(12-5-3-2-4-6-12)16(18(20)21)14-7-8-15-13(11-14)9-10-19-15/h2-11,16-17,19H,1H3/t16-,17-/m1/s1. The van der Waals surface area contributed by atoms with Crippen LogP contribution in [0.25, 0.3) is 10.9 Å². The molecule has 2 atom stereocenters. The summed E-state index contributed by atoms with van der Waals surface area (Å²) in [5.74, 6) is 0.121. The van der Waals surface area contributed by atoms with Crippen molar-refractivity contribution in [1.82, 2.24) is 9.88 Å². The van der Waals surface area contributed by atoms with Crippen molar-refractivity contribution < 1.29 is 4.79 Å². The first-order chi connectivity index (χ1) is 10.3. The molecule has 0 bridgehead atoms. The molecule has 0 spiro atoms. The predicted octanol–water partition coefficient (Wildman–Crippen LogP) is 3.46. The number of likely N-dealkylation sites (tertiary alicyclic amines) is 1. The molecule has 104 valence electrons. The Morgan fingerprint density at radius 1 is 1.00 bits per heavy atom. The van der Waals surface area contributed by atoms with Crippen molar-refractivity contribution in [2.45, 2.75) is 12.0 Å². The Kier molecular flexibility index (Phi) is 2.61. The van der Waals surface area contributed by atoms with Crippen LogP contribution in [0, 0.1) is 0 Å². The molecule has 1 aromatic heterocycles. The van der Waals surface area contributed by atoms with Crippen LogP contribution in [0.2, 0.25) is 0 Å². The lowest BCUT2D eigenvalue weighted by Gasteiger charge is -2.45. The Labute approximate surface area is 123 Å². The van der Waals surface area contributed by atoms with Crippen LogP contribution < -0.4 is 0 Å². The number of H-pyrrole nitrogens is 1. The van der Waals surface area contributed by atoms with Crippen molar-refractivity contribution in [1.29, 1.82) is 0 Å². The van der Waals surface area contributed by atoms with Crippen molar-refractivity contribution in [2.75, 3.05) is 7.05 Å². The monoisotopic (exact) mass is 276 g/mol. The second-order valence-corrected chi connectivity index (χ2v) is 5.61. The van der Waals surface area contributed by atoms with Gasteiger partial charge in [0.05, 0.1) is 12.0 Å². The van der Waals surface area contributed by atoms with E-state index in [0.29, 0.717) is 0 Å². The van der Waals surface area contributed by atoms with E-state index in [4.69, 9.17) is 0 Å². The topological polar surface area (TPSA) is 36.1 Å². The average Bonchev–Trinajstić information content (AvgIpc) is 2.99. The molecule has 1 fully saturated rings. The van der Waals surface area contributed by atoms with E-state index in [1.165, 1.54) is 5.56 Å². The van der Waals surface area contributed by atoms with Crippen LogP contribution in [0.1, 0.15) is 23.1 Å². The van der Waals surface area contributed by atoms with Crippen LogP contribution in [-0.4, -0.2) is 22.8 Å². The Hall–Kier alpha value is -2.55. The zero-order chi connectivity index (χ0) is 14.4. The minimum Gasteiger partial charge on any atom is -0.361 e. The van der Waals surface area contributed by atoms with Crippen LogP contribution >= 0.6 is 0 Å². The molecule has 0 unspecified atom stereocenters. The van der Waals surface area contributed by atoms with E-state index in [1.807, 2.05) is 42.4 Å². The predicted molar refractivity (Wildman–Crippen MR) is 83.0 cm³/mol. The first-order valence-corrected chi connectivity index (χ1v) is 7.14. The summed E-state index contributed by atoms with van der Waals surface area (Å²) in [6.45, 7) is 0. The van der Waals surface area contributed by atoms with Gasteiger partial charge in [0.25, 0.3) is 0 Å². The number of β-lactam (4-membered cyclic amide) rings is 1. The number of nitrogens with zero attached hydrogens (tertiary/aromatic N) is 1. The lowest BCUT2D eigenvalue weighted by molar-refractivity contribution is -0.147. The zero-order valence-corrected chi connectivity index (χ0v) is 11.8. The largest absolute Gasteiger partial charge is 0.361 e. The summed E-state index contributed by atoms with van der Waals surface area (Å²) < 4.78 is 0. The number of fused-ring (bicyclic) bond motifs is 1. The van der Waals surface area contributed by atoms with E-state index in [0.717, 1.165) is 16.5 Å². The van der Waals surface area contributed by atoms with Crippen molar-refractivity contribution in [3.8, 4) is 0 Å². The third-order valence-electron chi connectivity index (χ3n) is 4.42. The van der Waals surface area contributed by atoms with E-state index in [-0.39, 0.29) is 17.9 Å². The third kappa shape index (κ3) is 1.77. The highest BCUT2D eigenvalue weighted by atomic mass is 16.2. The second kappa shape index (κ2) is 4.48. The number of hydrogen-bond donors (Lipinski definition) is 1. The summed E-state index contributed by atoms with van der Waals surface area (Å²) in [6, 6.07) is 18.7. The van der Waals surface area contributed by atoms with Gasteiger partial charge in [-0.25, -0.2) is 0 Å². The third-order valence-corrected chi connectivity index (χ3v) is 4.42. The van der Waals surface area contributed by atoms with Crippen LogP contribution in [0.5, 0.6) is 0 Å². The highest BCUT2D eigenvalue weighted by Crippen LogP contribution is 2.45. The van der Waals surface area contributed by atoms with Gasteiger partial charge in [-0.05, 0) is 34.7 Å². The van der Waals surface area contributed by atoms with Gasteiger partial charge in [-0.1, -0.05) is 36.4 Å². The number of amides is 1. The highest BCUT2D eigenvalue weighted by Gasteiger charge is 2.46. The number of aromatic amines is 1. The van der Waals surface area contributed by atoms with Gasteiger partial charge in [-0.15, -0.1) is 0 Å². The fourth-order valence-electron chi connectivity index (χ4n) is 3.29. The summed E-state index contributed by atoms with van der Waals surface area (Å²) in [5, 5.41) is 1.15. The molecule has 1 aliphatic rings. The summed E-state index contributed by atoms with van der Waals surface area (Å²) in [7, 11) is 1.88. The number of nitrogens with one attached hydrogen (secondary N) is 1. The van der Waals surface area contributed by atoms with E-state index < -0.39 is 0 Å². The van der Waals surface area contributed by atoms with Crippen molar-refractivity contribution in [3.05, 3.63) is 71.9 Å². The van der Waals surface area contributed by atoms with E-state index in [2.05, 4.69) is 35.3 Å². The molecule has 3 aromatic rings. The van der Waals surface area contributed by atoms with Gasteiger partial charge in [0.2, 0.25) is 5.91 Å². The molecule has 4 rings (SSSR count). The number of carbonyl (C=O) groups is 1. The quantitative estimate of drug-likeness (QED) is 0.715. The molecular weight excluding hydrogens is 260 g/mol. The summed E-state index contributed by atoms with van der Waals surface area (Å²) >= 11 is 0. The normalized spacial score (nSPS) is 21.6. The van der Waals surface area contributed by atoms with E-state index in [1.54, 1.807) is 0 Å². The Morgan fingerprint density at radius 3 is 2.62 bits per heavy atom. The van der Waals surface area contributed by atoms with Crippen LogP contribution in [-0.2, 0) is 4.79 Å². The maximum atomic E-state index is 12.3. The molecule has 1 amide bonds. The molecule has 2 aromatic carbocycles. The molecule has 1 N–H and O–H groups in total. The summed E-state index contributed by atoms with van der Waals surface area (Å²) in [5.41, 5.74) is 3.40. The first-order valence-electron chi connectivity index (χ1n) is 7.14. The van der Waals surface area contributed by atoms with Gasteiger partial charge in [-0.2, -0.15) is 0 Å². The molecule has 3 heteroatoms. The molecule has 21 heavy (non-hydrogen) atoms. The maximum Gasteiger partial charge on any atom is 0.232 e. The molecule has 3 nitrogen and oxygen atoms in total. The molecular formula is C18H16N2O. The number of rotatable bonds is 2. The van der Waals surface area contributed by atoms with Gasteiger partial charge in [0.1, 0.15) is 0 Å². The van der Waals surface area contributed by atoms with Gasteiger partial charge in [0.15, 0.2) is 0 Å². The smallest absolute Gasteiger partial charge is 0.232 e. The minimum absolute atomic E-state index is 0.0725. The minimum atomic E-state index is -0.0725. The van der Waals surface area contributed by atoms with Crippen LogP contribution in [0.3, 0.4) is 0 Å². The number of aromatic nitrogens is 1. The van der Waals surface area contributed by atoms with Crippen LogP contribution in [0.4, 0.5) is 0 Å². The van der Waals surface area contributed by atoms with E-state index in [9.17, 15) is 4.79 Å². The Balaban J connectivity index is 1.77. The molecule has 1 saturated heterocycles. The Morgan fingerprint density at radius 2 is 1.81 bits per heavy atom. The summed E-state index contributed by atoms with van der Waals surface area (Å²) in [4.78, 5) is 17.4. The molecule has 0 radical (unpaired) electrons. The number of carbonyl (C=O) groups excluding carboxylic acids is 1. The second-order valence-electron chi connectivity index (χ2n) is 5.61. The van der Waals surface area contributed by atoms with Crippen molar-refractivity contribution in [2.24, 2.45) is 0 Å². The molecule has 0 aliphatic carbocycles.